The summed E-state index contributed by atoms with van der Waals surface area (Å²) in [6, 6.07) is 5.11. The molecule has 1 rings (SSSR count). The van der Waals surface area contributed by atoms with E-state index in [2.05, 4.69) is 0 Å². The van der Waals surface area contributed by atoms with Gasteiger partial charge in [0, 0.05) is 18.6 Å². The molecule has 0 spiro atoms. The minimum absolute atomic E-state index is 0.233. The summed E-state index contributed by atoms with van der Waals surface area (Å²) in [7, 11) is 0. The van der Waals surface area contributed by atoms with E-state index in [1.54, 1.807) is 0 Å². The van der Waals surface area contributed by atoms with Gasteiger partial charge in [0.2, 0.25) is 0 Å². The van der Waals surface area contributed by atoms with E-state index in [4.69, 9.17) is 0 Å². The number of halogens is 4. The van der Waals surface area contributed by atoms with Crippen molar-refractivity contribution in [1.82, 2.24) is 0 Å². The Morgan fingerprint density at radius 3 is 2.63 bits per heavy atom. The average Bonchev–Trinajstić information content (AvgIpc) is 2.27. The summed E-state index contributed by atoms with van der Waals surface area (Å²) in [5.41, 5.74) is -4.13. The van der Waals surface area contributed by atoms with Crippen molar-refractivity contribution in [2.24, 2.45) is 0 Å². The topological polar surface area (TPSA) is 37.3 Å². The highest BCUT2D eigenvalue weighted by atomic mass is 32.2. The van der Waals surface area contributed by atoms with Gasteiger partial charge in [-0.2, -0.15) is 13.2 Å². The van der Waals surface area contributed by atoms with Crippen molar-refractivity contribution >= 4 is 17.5 Å². The fourth-order valence-electron chi connectivity index (χ4n) is 1.43. The zero-order chi connectivity index (χ0) is 14.5. The summed E-state index contributed by atoms with van der Waals surface area (Å²) in [5.74, 6) is -1.41. The first kappa shape index (κ1) is 16.0. The van der Waals surface area contributed by atoms with Crippen molar-refractivity contribution in [1.29, 1.82) is 0 Å². The maximum Gasteiger partial charge on any atom is 0.441 e. The number of benzene rings is 1. The maximum absolute atomic E-state index is 12.9. The van der Waals surface area contributed by atoms with Gasteiger partial charge >= 0.3 is 5.51 Å². The summed E-state index contributed by atoms with van der Waals surface area (Å²) < 4.78 is 48.4. The lowest BCUT2D eigenvalue weighted by Gasteiger charge is -2.10. The van der Waals surface area contributed by atoms with E-state index >= 15 is 0 Å². The molecule has 1 aromatic rings. The molecule has 0 saturated heterocycles. The standard InChI is InChI=1S/C12H12F4O2S/c13-9-3-1-2-8(6-9)11(18)7-10(17)4-5-19-12(14,15)16/h1-3,6,11,18H,4-5,7H2. The molecule has 1 unspecified atom stereocenters. The minimum Gasteiger partial charge on any atom is -0.388 e. The molecule has 0 radical (unpaired) electrons. The molecule has 0 aliphatic heterocycles. The summed E-state index contributed by atoms with van der Waals surface area (Å²) >= 11 is -0.275. The van der Waals surface area contributed by atoms with Crippen molar-refractivity contribution < 1.29 is 27.5 Å². The van der Waals surface area contributed by atoms with Crippen LogP contribution in [0.5, 0.6) is 0 Å². The molecule has 1 N–H and O–H groups in total. The zero-order valence-corrected chi connectivity index (χ0v) is 10.6. The predicted octanol–water partition coefficient (Wildman–Crippen LogP) is 3.46. The third kappa shape index (κ3) is 6.58. The van der Waals surface area contributed by atoms with E-state index in [1.807, 2.05) is 0 Å². The highest BCUT2D eigenvalue weighted by Gasteiger charge is 2.28. The van der Waals surface area contributed by atoms with Crippen LogP contribution in [-0.2, 0) is 4.79 Å². The minimum atomic E-state index is -4.36. The van der Waals surface area contributed by atoms with E-state index in [1.165, 1.54) is 18.2 Å². The van der Waals surface area contributed by atoms with Gasteiger partial charge in [0.1, 0.15) is 11.6 Å². The zero-order valence-electron chi connectivity index (χ0n) is 9.78. The molecule has 0 amide bonds. The van der Waals surface area contributed by atoms with E-state index in [9.17, 15) is 27.5 Å². The first-order valence-corrected chi connectivity index (χ1v) is 6.42. The summed E-state index contributed by atoms with van der Waals surface area (Å²) in [6.07, 6.45) is -1.79. The van der Waals surface area contributed by atoms with Crippen LogP contribution in [0, 0.1) is 5.82 Å². The molecule has 1 aromatic carbocycles. The lowest BCUT2D eigenvalue weighted by Crippen LogP contribution is -2.09. The van der Waals surface area contributed by atoms with Crippen molar-refractivity contribution in [2.45, 2.75) is 24.5 Å². The lowest BCUT2D eigenvalue weighted by molar-refractivity contribution is -0.120. The van der Waals surface area contributed by atoms with Crippen LogP contribution < -0.4 is 0 Å². The van der Waals surface area contributed by atoms with Crippen LogP contribution in [0.25, 0.3) is 0 Å². The van der Waals surface area contributed by atoms with Crippen molar-refractivity contribution in [3.8, 4) is 0 Å². The van der Waals surface area contributed by atoms with Gasteiger partial charge in [-0.25, -0.2) is 4.39 Å². The smallest absolute Gasteiger partial charge is 0.388 e. The van der Waals surface area contributed by atoms with Gasteiger partial charge in [0.15, 0.2) is 0 Å². The second-order valence-electron chi connectivity index (χ2n) is 3.86. The Hall–Kier alpha value is -1.08. The third-order valence-corrected chi connectivity index (χ3v) is 3.04. The molecule has 106 valence electrons. The molecule has 0 saturated carbocycles. The molecule has 1 atom stereocenters. The molecule has 0 aromatic heterocycles. The second kappa shape index (κ2) is 6.91. The first-order valence-electron chi connectivity index (χ1n) is 5.44. The molecular formula is C12H12F4O2S. The summed E-state index contributed by atoms with van der Waals surface area (Å²) in [4.78, 5) is 11.4. The summed E-state index contributed by atoms with van der Waals surface area (Å²) in [5, 5.41) is 9.66. The van der Waals surface area contributed by atoms with Gasteiger partial charge in [-0.15, -0.1) is 0 Å². The van der Waals surface area contributed by atoms with Crippen molar-refractivity contribution in [3.63, 3.8) is 0 Å². The largest absolute Gasteiger partial charge is 0.441 e. The average molecular weight is 296 g/mol. The number of aliphatic hydroxyl groups excluding tert-OH is 1. The van der Waals surface area contributed by atoms with Crippen LogP contribution >= 0.6 is 11.8 Å². The van der Waals surface area contributed by atoms with E-state index < -0.39 is 23.2 Å². The number of alkyl halides is 3. The Balaban J connectivity index is 2.40. The Bertz CT molecular complexity index is 434. The molecule has 0 fully saturated rings. The van der Waals surface area contributed by atoms with Gasteiger partial charge in [-0.3, -0.25) is 4.79 Å². The number of rotatable bonds is 6. The van der Waals surface area contributed by atoms with Crippen LogP contribution in [0.4, 0.5) is 17.6 Å². The molecule has 2 nitrogen and oxygen atoms in total. The van der Waals surface area contributed by atoms with Gasteiger partial charge in [0.05, 0.1) is 6.10 Å². The van der Waals surface area contributed by atoms with Crippen LogP contribution in [0.1, 0.15) is 24.5 Å². The number of hydrogen-bond donors (Lipinski definition) is 1. The Kier molecular flexibility index (Phi) is 5.81. The Morgan fingerprint density at radius 2 is 2.05 bits per heavy atom. The predicted molar refractivity (Wildman–Crippen MR) is 64.1 cm³/mol. The SMILES string of the molecule is O=C(CCSC(F)(F)F)CC(O)c1cccc(F)c1. The molecular weight excluding hydrogens is 284 g/mol. The van der Waals surface area contributed by atoms with Crippen molar-refractivity contribution in [3.05, 3.63) is 35.6 Å². The second-order valence-corrected chi connectivity index (χ2v) is 5.02. The van der Waals surface area contributed by atoms with Gasteiger partial charge in [-0.05, 0) is 17.7 Å². The first-order chi connectivity index (χ1) is 8.78. The fraction of sp³-hybridized carbons (Fsp3) is 0.417. The quantitative estimate of drug-likeness (QED) is 0.817. The van der Waals surface area contributed by atoms with E-state index in [0.717, 1.165) is 6.07 Å². The number of carbonyl (C=O) groups is 1. The van der Waals surface area contributed by atoms with Crippen LogP contribution in [0.3, 0.4) is 0 Å². The van der Waals surface area contributed by atoms with Crippen LogP contribution in [-0.4, -0.2) is 22.2 Å². The number of carbonyl (C=O) groups excluding carboxylic acids is 1. The number of ketones is 1. The number of thioether (sulfide) groups is 1. The van der Waals surface area contributed by atoms with Gasteiger partial charge in [0.25, 0.3) is 0 Å². The molecule has 0 aliphatic rings. The molecule has 19 heavy (non-hydrogen) atoms. The van der Waals surface area contributed by atoms with E-state index in [0.29, 0.717) is 0 Å². The van der Waals surface area contributed by atoms with Gasteiger partial charge < -0.3 is 5.11 Å². The Labute approximate surface area is 111 Å². The number of hydrogen-bond acceptors (Lipinski definition) is 3. The molecule has 0 heterocycles. The van der Waals surface area contributed by atoms with Crippen LogP contribution in [0.2, 0.25) is 0 Å². The van der Waals surface area contributed by atoms with Gasteiger partial charge in [-0.1, -0.05) is 23.9 Å². The fourth-order valence-corrected chi connectivity index (χ4v) is 1.99. The van der Waals surface area contributed by atoms with Crippen molar-refractivity contribution in [2.75, 3.05) is 5.75 Å². The van der Waals surface area contributed by atoms with Crippen LogP contribution in [0.15, 0.2) is 24.3 Å². The normalized spacial score (nSPS) is 13.3. The number of aliphatic hydroxyl groups is 1. The summed E-state index contributed by atoms with van der Waals surface area (Å²) in [6.45, 7) is 0. The molecule has 7 heteroatoms. The highest BCUT2D eigenvalue weighted by molar-refractivity contribution is 8.00. The lowest BCUT2D eigenvalue weighted by atomic mass is 10.0. The molecule has 0 bridgehead atoms. The van der Waals surface area contributed by atoms with E-state index in [-0.39, 0.29) is 35.9 Å². The maximum atomic E-state index is 12.9. The number of Topliss-reactive ketones (excluding diaryl/α,β-unsaturated/α-hetero) is 1. The monoisotopic (exact) mass is 296 g/mol. The third-order valence-electron chi connectivity index (χ3n) is 2.30. The Morgan fingerprint density at radius 1 is 1.37 bits per heavy atom. The highest BCUT2D eigenvalue weighted by Crippen LogP contribution is 2.30. The molecule has 0 aliphatic carbocycles.